The highest BCUT2D eigenvalue weighted by molar-refractivity contribution is 5.85. The predicted octanol–water partition coefficient (Wildman–Crippen LogP) is 2.57. The maximum Gasteiger partial charge on any atom is 0.306 e. The fourth-order valence-electron chi connectivity index (χ4n) is 3.50. The van der Waals surface area contributed by atoms with Crippen LogP contribution in [0, 0.1) is 12.8 Å². The fourth-order valence-corrected chi connectivity index (χ4v) is 3.50. The first-order valence-corrected chi connectivity index (χ1v) is 9.40. The van der Waals surface area contributed by atoms with Gasteiger partial charge in [0.2, 0.25) is 5.91 Å². The number of carbonyl (C=O) groups excluding carboxylic acids is 2. The van der Waals surface area contributed by atoms with Gasteiger partial charge >= 0.3 is 5.97 Å². The van der Waals surface area contributed by atoms with Gasteiger partial charge in [-0.1, -0.05) is 30.3 Å². The van der Waals surface area contributed by atoms with E-state index >= 15 is 0 Å². The second kappa shape index (κ2) is 8.89. The van der Waals surface area contributed by atoms with Crippen molar-refractivity contribution in [2.45, 2.75) is 32.4 Å². The van der Waals surface area contributed by atoms with Crippen LogP contribution in [0.5, 0.6) is 5.75 Å². The summed E-state index contributed by atoms with van der Waals surface area (Å²) in [6.45, 7) is 2.98. The van der Waals surface area contributed by atoms with E-state index in [1.54, 1.807) is 0 Å². The Hall–Kier alpha value is -2.86. The highest BCUT2D eigenvalue weighted by Crippen LogP contribution is 2.27. The van der Waals surface area contributed by atoms with E-state index in [4.69, 9.17) is 10.5 Å². The van der Waals surface area contributed by atoms with Crippen LogP contribution in [-0.4, -0.2) is 31.6 Å². The maximum atomic E-state index is 11.9. The van der Waals surface area contributed by atoms with E-state index in [-0.39, 0.29) is 30.3 Å². The number of nitrogens with one attached hydrogen (secondary N) is 1. The normalized spacial score (nSPS) is 18.6. The van der Waals surface area contributed by atoms with Crippen molar-refractivity contribution < 1.29 is 19.1 Å². The van der Waals surface area contributed by atoms with Crippen LogP contribution in [0.1, 0.15) is 24.0 Å². The summed E-state index contributed by atoms with van der Waals surface area (Å²) in [5.74, 6) is -0.0913. The number of benzene rings is 2. The molecule has 3 N–H and O–H groups in total. The molecule has 2 aromatic carbocycles. The molecule has 6 heteroatoms. The van der Waals surface area contributed by atoms with Crippen molar-refractivity contribution in [2.75, 3.05) is 13.7 Å². The average Bonchev–Trinajstić information content (AvgIpc) is 3.06. The first-order valence-electron chi connectivity index (χ1n) is 9.40. The summed E-state index contributed by atoms with van der Waals surface area (Å²) in [6, 6.07) is 14.0. The predicted molar refractivity (Wildman–Crippen MR) is 107 cm³/mol. The first-order chi connectivity index (χ1) is 13.5. The minimum atomic E-state index is -0.368. The third-order valence-electron chi connectivity index (χ3n) is 5.07. The van der Waals surface area contributed by atoms with Crippen LogP contribution in [0.4, 0.5) is 0 Å². The van der Waals surface area contributed by atoms with Crippen LogP contribution in [0.15, 0.2) is 42.5 Å². The average molecular weight is 382 g/mol. The highest BCUT2D eigenvalue weighted by Gasteiger charge is 2.34. The Morgan fingerprint density at radius 2 is 1.96 bits per heavy atom. The molecule has 1 fully saturated rings. The summed E-state index contributed by atoms with van der Waals surface area (Å²) < 4.78 is 10.5. The van der Waals surface area contributed by atoms with Crippen molar-refractivity contribution in [3.8, 4) is 16.9 Å². The number of amides is 1. The number of nitrogens with two attached hydrogens (primary N) is 1. The Morgan fingerprint density at radius 3 is 2.61 bits per heavy atom. The molecule has 1 heterocycles. The van der Waals surface area contributed by atoms with Crippen molar-refractivity contribution in [1.82, 2.24) is 5.32 Å². The van der Waals surface area contributed by atoms with Crippen LogP contribution >= 0.6 is 0 Å². The van der Waals surface area contributed by atoms with Gasteiger partial charge in [0, 0.05) is 6.54 Å². The van der Waals surface area contributed by atoms with E-state index in [9.17, 15) is 9.59 Å². The van der Waals surface area contributed by atoms with Gasteiger partial charge < -0.3 is 20.5 Å². The molecule has 1 amide bonds. The molecule has 0 aromatic heterocycles. The van der Waals surface area contributed by atoms with Crippen LogP contribution in [-0.2, 0) is 20.9 Å². The van der Waals surface area contributed by atoms with E-state index < -0.39 is 0 Å². The van der Waals surface area contributed by atoms with Crippen LogP contribution in [0.2, 0.25) is 0 Å². The van der Waals surface area contributed by atoms with E-state index in [2.05, 4.69) is 29.1 Å². The molecular weight excluding hydrogens is 356 g/mol. The molecule has 0 unspecified atom stereocenters. The summed E-state index contributed by atoms with van der Waals surface area (Å²) in [7, 11) is 1.33. The molecule has 1 aliphatic rings. The Balaban J connectivity index is 1.57. The Bertz CT molecular complexity index is 848. The second-order valence-electron chi connectivity index (χ2n) is 7.11. The van der Waals surface area contributed by atoms with Gasteiger partial charge in [0.1, 0.15) is 12.4 Å². The molecular formula is C22H26N2O4. The van der Waals surface area contributed by atoms with Crippen LogP contribution in [0.25, 0.3) is 11.1 Å². The smallest absolute Gasteiger partial charge is 0.306 e. The van der Waals surface area contributed by atoms with E-state index in [1.165, 1.54) is 12.7 Å². The minimum Gasteiger partial charge on any atom is -0.491 e. The molecule has 148 valence electrons. The topological polar surface area (TPSA) is 90.7 Å². The molecule has 2 atom stereocenters. The van der Waals surface area contributed by atoms with Gasteiger partial charge in [0.05, 0.1) is 25.5 Å². The zero-order valence-electron chi connectivity index (χ0n) is 16.2. The highest BCUT2D eigenvalue weighted by atomic mass is 16.5. The Labute approximate surface area is 165 Å². The van der Waals surface area contributed by atoms with Crippen LogP contribution < -0.4 is 15.8 Å². The molecule has 6 nitrogen and oxygen atoms in total. The summed E-state index contributed by atoms with van der Waals surface area (Å²) in [5, 5.41) is 2.88. The standard InChI is InChI=1S/C22H26N2O4/c1-14-9-15(12-23)3-8-20(14)16-4-6-19(7-5-16)28-13-18-10-17(22(26)24-18)11-21(25)27-2/h3-9,17-18H,10-13,23H2,1-2H3,(H,24,26)/t17-,18-/m0/s1. The number of carbonyl (C=O) groups is 2. The van der Waals surface area contributed by atoms with Gasteiger partial charge in [-0.2, -0.15) is 0 Å². The first kappa shape index (κ1) is 19.9. The molecule has 0 saturated carbocycles. The molecule has 0 bridgehead atoms. The number of aryl methyl sites for hydroxylation is 1. The monoisotopic (exact) mass is 382 g/mol. The zero-order valence-corrected chi connectivity index (χ0v) is 16.2. The zero-order chi connectivity index (χ0) is 20.1. The van der Waals surface area contributed by atoms with Gasteiger partial charge in [-0.25, -0.2) is 0 Å². The third kappa shape index (κ3) is 4.70. The van der Waals surface area contributed by atoms with Crippen LogP contribution in [0.3, 0.4) is 0 Å². The molecule has 0 aliphatic carbocycles. The van der Waals surface area contributed by atoms with Gasteiger partial charge in [-0.15, -0.1) is 0 Å². The summed E-state index contributed by atoms with van der Waals surface area (Å²) in [6.07, 6.45) is 0.675. The van der Waals surface area contributed by atoms with Crippen molar-refractivity contribution in [3.05, 3.63) is 53.6 Å². The summed E-state index contributed by atoms with van der Waals surface area (Å²) in [5.41, 5.74) is 10.3. The largest absolute Gasteiger partial charge is 0.491 e. The summed E-state index contributed by atoms with van der Waals surface area (Å²) >= 11 is 0. The lowest BCUT2D eigenvalue weighted by atomic mass is 9.98. The van der Waals surface area contributed by atoms with Crippen molar-refractivity contribution in [3.63, 3.8) is 0 Å². The van der Waals surface area contributed by atoms with Crippen molar-refractivity contribution in [1.29, 1.82) is 0 Å². The Morgan fingerprint density at radius 1 is 1.21 bits per heavy atom. The van der Waals surface area contributed by atoms with Crippen molar-refractivity contribution in [2.24, 2.45) is 11.7 Å². The number of methoxy groups -OCH3 is 1. The number of hydrogen-bond donors (Lipinski definition) is 2. The lowest BCUT2D eigenvalue weighted by Gasteiger charge is -2.13. The van der Waals surface area contributed by atoms with Gasteiger partial charge in [0.25, 0.3) is 0 Å². The molecule has 28 heavy (non-hydrogen) atoms. The lowest BCUT2D eigenvalue weighted by Crippen LogP contribution is -2.31. The molecule has 2 aromatic rings. The SMILES string of the molecule is COC(=O)C[C@@H]1C[C@@H](COc2ccc(-c3ccc(CN)cc3C)cc2)NC1=O. The van der Waals surface area contributed by atoms with Gasteiger partial charge in [0.15, 0.2) is 0 Å². The molecule has 1 saturated heterocycles. The quantitative estimate of drug-likeness (QED) is 0.718. The van der Waals surface area contributed by atoms with E-state index in [0.717, 1.165) is 22.4 Å². The molecule has 3 rings (SSSR count). The summed E-state index contributed by atoms with van der Waals surface area (Å²) in [4.78, 5) is 23.3. The lowest BCUT2D eigenvalue weighted by molar-refractivity contribution is -0.143. The van der Waals surface area contributed by atoms with E-state index in [0.29, 0.717) is 19.6 Å². The minimum absolute atomic E-state index is 0.104. The maximum absolute atomic E-state index is 11.9. The number of rotatable bonds is 7. The van der Waals surface area contributed by atoms with Gasteiger partial charge in [-0.3, -0.25) is 9.59 Å². The Kier molecular flexibility index (Phi) is 6.31. The number of ether oxygens (including phenoxy) is 2. The second-order valence-corrected chi connectivity index (χ2v) is 7.11. The third-order valence-corrected chi connectivity index (χ3v) is 5.07. The fraction of sp³-hybridized carbons (Fsp3) is 0.364. The van der Waals surface area contributed by atoms with Crippen molar-refractivity contribution >= 4 is 11.9 Å². The molecule has 0 spiro atoms. The van der Waals surface area contributed by atoms with Gasteiger partial charge in [-0.05, 0) is 47.7 Å². The molecule has 1 aliphatic heterocycles. The van der Waals surface area contributed by atoms with E-state index in [1.807, 2.05) is 30.3 Å². The molecule has 0 radical (unpaired) electrons. The number of hydrogen-bond acceptors (Lipinski definition) is 5. The number of esters is 1.